The van der Waals surface area contributed by atoms with Crippen molar-refractivity contribution < 1.29 is 0 Å². The van der Waals surface area contributed by atoms with Crippen LogP contribution in [0.1, 0.15) is 11.4 Å². The zero-order chi connectivity index (χ0) is 13.1. The first-order valence-electron chi connectivity index (χ1n) is 5.56. The second kappa shape index (κ2) is 4.87. The van der Waals surface area contributed by atoms with Gasteiger partial charge in [0.1, 0.15) is 18.0 Å². The fourth-order valence-corrected chi connectivity index (χ4v) is 1.66. The maximum absolute atomic E-state index is 7.34. The van der Waals surface area contributed by atoms with Crippen LogP contribution >= 0.6 is 0 Å². The molecule has 0 aliphatic carbocycles. The van der Waals surface area contributed by atoms with Crippen molar-refractivity contribution in [3.05, 3.63) is 42.0 Å². The van der Waals surface area contributed by atoms with E-state index < -0.39 is 0 Å². The van der Waals surface area contributed by atoms with Gasteiger partial charge in [0.15, 0.2) is 0 Å². The molecule has 0 bridgehead atoms. The number of nitrogens with one attached hydrogen (secondary N) is 1. The number of hydrogen-bond acceptors (Lipinski definition) is 4. The van der Waals surface area contributed by atoms with Crippen molar-refractivity contribution in [1.29, 1.82) is 5.41 Å². The molecule has 0 fully saturated rings. The van der Waals surface area contributed by atoms with E-state index in [1.54, 1.807) is 11.0 Å². The molecule has 1 aromatic carbocycles. The van der Waals surface area contributed by atoms with Crippen LogP contribution in [-0.2, 0) is 13.6 Å². The largest absolute Gasteiger partial charge is 0.384 e. The van der Waals surface area contributed by atoms with Gasteiger partial charge in [-0.3, -0.25) is 10.1 Å². The smallest absolute Gasteiger partial charge is 0.146 e. The summed E-state index contributed by atoms with van der Waals surface area (Å²) in [5, 5.41) is 11.4. The van der Waals surface area contributed by atoms with Crippen LogP contribution in [0, 0.1) is 5.41 Å². The zero-order valence-corrected chi connectivity index (χ0v) is 10.5. The molecule has 1 heterocycles. The van der Waals surface area contributed by atoms with Crippen LogP contribution in [0.4, 0.5) is 5.69 Å². The molecule has 0 amide bonds. The number of nitrogen functional groups attached to an aromatic ring is 1. The van der Waals surface area contributed by atoms with Crippen LogP contribution in [0.25, 0.3) is 0 Å². The highest BCUT2D eigenvalue weighted by Gasteiger charge is 2.06. The van der Waals surface area contributed by atoms with E-state index in [1.807, 2.05) is 38.4 Å². The van der Waals surface area contributed by atoms with Crippen molar-refractivity contribution in [2.24, 2.45) is 12.8 Å². The Labute approximate surface area is 106 Å². The number of aromatic nitrogens is 3. The summed E-state index contributed by atoms with van der Waals surface area (Å²) in [6.07, 6.45) is 1.54. The summed E-state index contributed by atoms with van der Waals surface area (Å²) >= 11 is 0. The van der Waals surface area contributed by atoms with Crippen molar-refractivity contribution >= 4 is 11.5 Å². The summed E-state index contributed by atoms with van der Waals surface area (Å²) in [4.78, 5) is 6.25. The standard InChI is InChI=1S/C12H16N6/c1-17(7-11-15-8-16-18(11)2)10-5-3-9(4-6-10)12(13)14/h3-6,8H,7H2,1-2H3,(H3,13,14). The molecular weight excluding hydrogens is 228 g/mol. The molecule has 0 atom stereocenters. The molecule has 94 valence electrons. The fourth-order valence-electron chi connectivity index (χ4n) is 1.66. The minimum absolute atomic E-state index is 0.0810. The van der Waals surface area contributed by atoms with Gasteiger partial charge in [-0.1, -0.05) is 0 Å². The van der Waals surface area contributed by atoms with E-state index >= 15 is 0 Å². The zero-order valence-electron chi connectivity index (χ0n) is 10.5. The molecule has 2 rings (SSSR count). The number of nitrogens with two attached hydrogens (primary N) is 1. The van der Waals surface area contributed by atoms with Crippen LogP contribution in [0.5, 0.6) is 0 Å². The molecule has 2 aromatic rings. The molecule has 0 saturated heterocycles. The summed E-state index contributed by atoms with van der Waals surface area (Å²) < 4.78 is 1.75. The quantitative estimate of drug-likeness (QED) is 0.613. The van der Waals surface area contributed by atoms with Gasteiger partial charge in [-0.25, -0.2) is 4.98 Å². The van der Waals surface area contributed by atoms with Crippen LogP contribution in [0.2, 0.25) is 0 Å². The number of hydrogen-bond donors (Lipinski definition) is 2. The number of benzene rings is 1. The molecule has 0 radical (unpaired) electrons. The third-order valence-corrected chi connectivity index (χ3v) is 2.80. The molecule has 0 unspecified atom stereocenters. The molecular formula is C12H16N6. The van der Waals surface area contributed by atoms with Gasteiger partial charge in [0.05, 0.1) is 6.54 Å². The van der Waals surface area contributed by atoms with Gasteiger partial charge in [-0.15, -0.1) is 0 Å². The lowest BCUT2D eigenvalue weighted by molar-refractivity contribution is 0.688. The van der Waals surface area contributed by atoms with E-state index in [-0.39, 0.29) is 5.84 Å². The Morgan fingerprint density at radius 1 is 1.39 bits per heavy atom. The van der Waals surface area contributed by atoms with Gasteiger partial charge in [0, 0.05) is 25.3 Å². The van der Waals surface area contributed by atoms with Crippen molar-refractivity contribution in [2.45, 2.75) is 6.54 Å². The second-order valence-electron chi connectivity index (χ2n) is 4.12. The third-order valence-electron chi connectivity index (χ3n) is 2.80. The van der Waals surface area contributed by atoms with Crippen molar-refractivity contribution in [2.75, 3.05) is 11.9 Å². The topological polar surface area (TPSA) is 83.8 Å². The lowest BCUT2D eigenvalue weighted by atomic mass is 10.2. The molecule has 0 aliphatic heterocycles. The molecule has 0 aliphatic rings. The molecule has 6 nitrogen and oxygen atoms in total. The number of nitrogens with zero attached hydrogens (tertiary/aromatic N) is 4. The Morgan fingerprint density at radius 2 is 2.06 bits per heavy atom. The molecule has 0 spiro atoms. The third kappa shape index (κ3) is 2.48. The van der Waals surface area contributed by atoms with E-state index in [2.05, 4.69) is 15.0 Å². The number of aryl methyl sites for hydroxylation is 1. The van der Waals surface area contributed by atoms with Crippen LogP contribution in [-0.4, -0.2) is 27.6 Å². The lowest BCUT2D eigenvalue weighted by Crippen LogP contribution is -2.19. The predicted octanol–water partition coefficient (Wildman–Crippen LogP) is 0.736. The molecule has 3 N–H and O–H groups in total. The maximum atomic E-state index is 7.34. The normalized spacial score (nSPS) is 10.3. The highest BCUT2D eigenvalue weighted by molar-refractivity contribution is 5.95. The molecule has 0 saturated carbocycles. The first-order chi connectivity index (χ1) is 8.58. The molecule has 18 heavy (non-hydrogen) atoms. The summed E-state index contributed by atoms with van der Waals surface area (Å²) in [5.74, 6) is 0.977. The van der Waals surface area contributed by atoms with E-state index in [9.17, 15) is 0 Å². The summed E-state index contributed by atoms with van der Waals surface area (Å²) in [6.45, 7) is 0.677. The monoisotopic (exact) mass is 244 g/mol. The minimum Gasteiger partial charge on any atom is -0.384 e. The van der Waals surface area contributed by atoms with Gasteiger partial charge < -0.3 is 10.6 Å². The summed E-state index contributed by atoms with van der Waals surface area (Å²) in [6, 6.07) is 7.55. The second-order valence-corrected chi connectivity index (χ2v) is 4.12. The van der Waals surface area contributed by atoms with Gasteiger partial charge in [-0.05, 0) is 24.3 Å². The van der Waals surface area contributed by atoms with Crippen molar-refractivity contribution in [3.8, 4) is 0 Å². The Hall–Kier alpha value is -2.37. The summed E-state index contributed by atoms with van der Waals surface area (Å²) in [5.41, 5.74) is 7.19. The highest BCUT2D eigenvalue weighted by Crippen LogP contribution is 2.15. The van der Waals surface area contributed by atoms with Crippen molar-refractivity contribution in [3.63, 3.8) is 0 Å². The van der Waals surface area contributed by atoms with Gasteiger partial charge >= 0.3 is 0 Å². The SMILES string of the molecule is CN(Cc1ncnn1C)c1ccc(C(=N)N)cc1. The van der Waals surface area contributed by atoms with Crippen LogP contribution in [0.3, 0.4) is 0 Å². The van der Waals surface area contributed by atoms with Crippen molar-refractivity contribution in [1.82, 2.24) is 14.8 Å². The fraction of sp³-hybridized carbons (Fsp3) is 0.250. The molecule has 1 aromatic heterocycles. The Bertz CT molecular complexity index is 542. The maximum Gasteiger partial charge on any atom is 0.146 e. The predicted molar refractivity (Wildman–Crippen MR) is 70.6 cm³/mol. The Kier molecular flexibility index (Phi) is 3.27. The van der Waals surface area contributed by atoms with Gasteiger partial charge in [0.2, 0.25) is 0 Å². The first kappa shape index (κ1) is 12.1. The van der Waals surface area contributed by atoms with E-state index in [1.165, 1.54) is 0 Å². The Balaban J connectivity index is 2.12. The summed E-state index contributed by atoms with van der Waals surface area (Å²) in [7, 11) is 3.85. The number of anilines is 1. The van der Waals surface area contributed by atoms with Gasteiger partial charge in [0.25, 0.3) is 0 Å². The van der Waals surface area contributed by atoms with E-state index in [4.69, 9.17) is 11.1 Å². The van der Waals surface area contributed by atoms with E-state index in [0.717, 1.165) is 17.1 Å². The average Bonchev–Trinajstić information content (AvgIpc) is 2.75. The first-order valence-corrected chi connectivity index (χ1v) is 5.56. The van der Waals surface area contributed by atoms with E-state index in [0.29, 0.717) is 6.54 Å². The number of amidine groups is 1. The average molecular weight is 244 g/mol. The minimum atomic E-state index is 0.0810. The number of rotatable bonds is 4. The Morgan fingerprint density at radius 3 is 2.56 bits per heavy atom. The lowest BCUT2D eigenvalue weighted by Gasteiger charge is -2.18. The molecule has 6 heteroatoms. The van der Waals surface area contributed by atoms with Gasteiger partial charge in [-0.2, -0.15) is 5.10 Å². The van der Waals surface area contributed by atoms with Crippen LogP contribution in [0.15, 0.2) is 30.6 Å². The van der Waals surface area contributed by atoms with Crippen LogP contribution < -0.4 is 10.6 Å². The highest BCUT2D eigenvalue weighted by atomic mass is 15.3.